The Morgan fingerprint density at radius 3 is 2.54 bits per heavy atom. The van der Waals surface area contributed by atoms with E-state index in [2.05, 4.69) is 24.3 Å². The van der Waals surface area contributed by atoms with Crippen LogP contribution in [0.1, 0.15) is 66.7 Å². The second kappa shape index (κ2) is 7.20. The lowest BCUT2D eigenvalue weighted by atomic mass is 10.1. The highest BCUT2D eigenvalue weighted by Crippen LogP contribution is 2.42. The molecule has 8 heteroatoms. The number of nitrogens with two attached hydrogens (primary N) is 1. The number of hydrogen-bond donors (Lipinski definition) is 2. The molecule has 0 bridgehead atoms. The van der Waals surface area contributed by atoms with Gasteiger partial charge in [-0.05, 0) is 43.9 Å². The Morgan fingerprint density at radius 1 is 1.35 bits per heavy atom. The van der Waals surface area contributed by atoms with Crippen molar-refractivity contribution in [1.82, 2.24) is 15.1 Å². The predicted octanol–water partition coefficient (Wildman–Crippen LogP) is 2.31. The molecule has 0 aliphatic heterocycles. The van der Waals surface area contributed by atoms with E-state index in [0.29, 0.717) is 18.0 Å². The van der Waals surface area contributed by atoms with Gasteiger partial charge in [0, 0.05) is 18.5 Å². The van der Waals surface area contributed by atoms with Crippen molar-refractivity contribution in [2.24, 2.45) is 5.14 Å². The van der Waals surface area contributed by atoms with Crippen molar-refractivity contribution in [1.29, 1.82) is 0 Å². The highest BCUT2D eigenvalue weighted by Gasteiger charge is 2.33. The summed E-state index contributed by atoms with van der Waals surface area (Å²) in [7, 11) is -3.71. The minimum atomic E-state index is -3.71. The molecule has 140 valence electrons. The monoisotopic (exact) mass is 376 g/mol. The fourth-order valence-corrected chi connectivity index (χ4v) is 3.42. The highest BCUT2D eigenvalue weighted by molar-refractivity contribution is 7.89. The molecular formula is C18H24N4O3S. The number of nitrogens with zero attached hydrogens (tertiary/aromatic N) is 2. The second-order valence-corrected chi connectivity index (χ2v) is 8.35. The normalized spacial score (nSPS) is 15.7. The van der Waals surface area contributed by atoms with Crippen molar-refractivity contribution in [2.75, 3.05) is 0 Å². The Bertz CT molecular complexity index is 899. The van der Waals surface area contributed by atoms with E-state index in [4.69, 9.17) is 5.14 Å². The maximum atomic E-state index is 12.6. The summed E-state index contributed by atoms with van der Waals surface area (Å²) in [4.78, 5) is 12.7. The summed E-state index contributed by atoms with van der Waals surface area (Å²) in [6, 6.07) is 6.42. The number of nitrogens with one attached hydrogen (secondary N) is 1. The van der Waals surface area contributed by atoms with Gasteiger partial charge in [-0.25, -0.2) is 13.6 Å². The molecule has 1 saturated carbocycles. The number of amides is 1. The second-order valence-electron chi connectivity index (χ2n) is 6.79. The Labute approximate surface area is 153 Å². The van der Waals surface area contributed by atoms with Gasteiger partial charge in [-0.3, -0.25) is 9.48 Å². The van der Waals surface area contributed by atoms with Crippen LogP contribution in [0.4, 0.5) is 0 Å². The van der Waals surface area contributed by atoms with Crippen molar-refractivity contribution in [3.05, 3.63) is 47.3 Å². The summed E-state index contributed by atoms with van der Waals surface area (Å²) in [5.74, 6) is 0.262. The van der Waals surface area contributed by atoms with E-state index < -0.39 is 10.0 Å². The number of carbonyl (C=O) groups is 1. The summed E-state index contributed by atoms with van der Waals surface area (Å²) < 4.78 is 24.5. The van der Waals surface area contributed by atoms with Crippen LogP contribution in [-0.4, -0.2) is 24.1 Å². The van der Waals surface area contributed by atoms with Crippen LogP contribution in [0.5, 0.6) is 0 Å². The molecule has 1 atom stereocenters. The van der Waals surface area contributed by atoms with Gasteiger partial charge >= 0.3 is 0 Å². The van der Waals surface area contributed by atoms with Gasteiger partial charge in [0.1, 0.15) is 0 Å². The predicted molar refractivity (Wildman–Crippen MR) is 98.2 cm³/mol. The Morgan fingerprint density at radius 2 is 2.00 bits per heavy atom. The number of hydrogen-bond acceptors (Lipinski definition) is 4. The van der Waals surface area contributed by atoms with Gasteiger partial charge in [-0.2, -0.15) is 5.10 Å². The van der Waals surface area contributed by atoms with Gasteiger partial charge in [0.2, 0.25) is 10.0 Å². The zero-order chi connectivity index (χ0) is 18.9. The van der Waals surface area contributed by atoms with Gasteiger partial charge in [-0.15, -0.1) is 0 Å². The van der Waals surface area contributed by atoms with Crippen molar-refractivity contribution < 1.29 is 13.2 Å². The number of carbonyl (C=O) groups excluding carboxylic acids is 1. The molecule has 1 heterocycles. The Balaban J connectivity index is 1.72. The first kappa shape index (κ1) is 18.6. The van der Waals surface area contributed by atoms with Crippen molar-refractivity contribution in [3.8, 4) is 0 Å². The van der Waals surface area contributed by atoms with E-state index in [1.54, 1.807) is 18.3 Å². The molecular weight excluding hydrogens is 352 g/mol. The van der Waals surface area contributed by atoms with E-state index in [9.17, 15) is 13.2 Å². The summed E-state index contributed by atoms with van der Waals surface area (Å²) in [6.45, 7) is 4.52. The molecule has 2 aromatic rings. The summed E-state index contributed by atoms with van der Waals surface area (Å²) in [6.07, 6.45) is 4.80. The third-order valence-electron chi connectivity index (χ3n) is 4.76. The van der Waals surface area contributed by atoms with Gasteiger partial charge in [0.15, 0.2) is 0 Å². The largest absolute Gasteiger partial charge is 0.348 e. The molecule has 3 N–H and O–H groups in total. The van der Waals surface area contributed by atoms with Crippen molar-refractivity contribution in [2.45, 2.75) is 56.5 Å². The summed E-state index contributed by atoms with van der Waals surface area (Å²) in [5, 5.41) is 12.4. The van der Waals surface area contributed by atoms with Crippen molar-refractivity contribution in [3.63, 3.8) is 0 Å². The molecule has 1 aliphatic rings. The molecule has 7 nitrogen and oxygen atoms in total. The van der Waals surface area contributed by atoms with Crippen LogP contribution in [0.15, 0.2) is 35.4 Å². The lowest BCUT2D eigenvalue weighted by Gasteiger charge is -2.14. The van der Waals surface area contributed by atoms with Crippen LogP contribution in [0.2, 0.25) is 0 Å². The van der Waals surface area contributed by atoms with Crippen LogP contribution in [0, 0.1) is 0 Å². The molecule has 1 aliphatic carbocycles. The van der Waals surface area contributed by atoms with Crippen molar-refractivity contribution >= 4 is 15.9 Å². The fourth-order valence-electron chi connectivity index (χ4n) is 2.91. The molecule has 0 unspecified atom stereocenters. The van der Waals surface area contributed by atoms with Crippen LogP contribution >= 0.6 is 0 Å². The number of primary sulfonamides is 1. The lowest BCUT2D eigenvalue weighted by Crippen LogP contribution is -2.24. The highest BCUT2D eigenvalue weighted by atomic mass is 32.2. The molecule has 1 aromatic carbocycles. The smallest absolute Gasteiger partial charge is 0.255 e. The molecule has 1 fully saturated rings. The van der Waals surface area contributed by atoms with Gasteiger partial charge in [0.05, 0.1) is 22.3 Å². The van der Waals surface area contributed by atoms with E-state index in [-0.39, 0.29) is 16.8 Å². The van der Waals surface area contributed by atoms with Crippen LogP contribution in [-0.2, 0) is 16.6 Å². The first-order valence-electron chi connectivity index (χ1n) is 8.78. The van der Waals surface area contributed by atoms with E-state index in [0.717, 1.165) is 30.5 Å². The molecule has 0 saturated heterocycles. The van der Waals surface area contributed by atoms with Gasteiger partial charge in [0.25, 0.3) is 5.91 Å². The average Bonchev–Trinajstić information content (AvgIpc) is 3.36. The van der Waals surface area contributed by atoms with Crippen LogP contribution in [0.25, 0.3) is 0 Å². The quantitative estimate of drug-likeness (QED) is 0.773. The Kier molecular flexibility index (Phi) is 5.15. The SMILES string of the molecule is CC[C@H](C)n1ncc(C(=O)NCc2ccc(S(N)(=O)=O)cc2)c1C1CC1. The first-order valence-corrected chi connectivity index (χ1v) is 10.3. The zero-order valence-electron chi connectivity index (χ0n) is 15.0. The van der Waals surface area contributed by atoms with E-state index in [1.165, 1.54) is 12.1 Å². The zero-order valence-corrected chi connectivity index (χ0v) is 15.8. The van der Waals surface area contributed by atoms with Gasteiger partial charge in [-0.1, -0.05) is 19.1 Å². The summed E-state index contributed by atoms with van der Waals surface area (Å²) in [5.41, 5.74) is 2.46. The number of rotatable bonds is 7. The molecule has 26 heavy (non-hydrogen) atoms. The lowest BCUT2D eigenvalue weighted by molar-refractivity contribution is 0.0949. The minimum Gasteiger partial charge on any atom is -0.348 e. The maximum absolute atomic E-state index is 12.6. The number of sulfonamides is 1. The standard InChI is InChI=1S/C18H24N4O3S/c1-3-12(2)22-17(14-6-7-14)16(11-21-22)18(23)20-10-13-4-8-15(9-5-13)26(19,24)25/h4-5,8-9,11-12,14H,3,6-7,10H2,1-2H3,(H,20,23)(H2,19,24,25)/t12-/m0/s1. The number of benzene rings is 1. The van der Waals surface area contributed by atoms with E-state index in [1.807, 2.05) is 4.68 Å². The van der Waals surface area contributed by atoms with Gasteiger partial charge < -0.3 is 5.32 Å². The molecule has 0 radical (unpaired) electrons. The fraction of sp³-hybridized carbons (Fsp3) is 0.444. The summed E-state index contributed by atoms with van der Waals surface area (Å²) >= 11 is 0. The maximum Gasteiger partial charge on any atom is 0.255 e. The molecule has 3 rings (SSSR count). The molecule has 0 spiro atoms. The average molecular weight is 376 g/mol. The molecule has 1 aromatic heterocycles. The topological polar surface area (TPSA) is 107 Å². The first-order chi connectivity index (χ1) is 12.3. The van der Waals surface area contributed by atoms with Crippen LogP contribution in [0.3, 0.4) is 0 Å². The minimum absolute atomic E-state index is 0.0541. The third-order valence-corrected chi connectivity index (χ3v) is 5.69. The number of aromatic nitrogens is 2. The third kappa shape index (κ3) is 3.96. The van der Waals surface area contributed by atoms with Crippen LogP contribution < -0.4 is 10.5 Å². The van der Waals surface area contributed by atoms with E-state index >= 15 is 0 Å². The Hall–Kier alpha value is -2.19. The molecule has 1 amide bonds.